The van der Waals surface area contributed by atoms with Gasteiger partial charge in [-0.15, -0.1) is 0 Å². The quantitative estimate of drug-likeness (QED) is 0.491. The predicted octanol–water partition coefficient (Wildman–Crippen LogP) is 2.68. The highest BCUT2D eigenvalue weighted by Gasteiger charge is 2.30. The molecule has 2 rings (SSSR count). The summed E-state index contributed by atoms with van der Waals surface area (Å²) in [6.07, 6.45) is -3.30. The van der Waals surface area contributed by atoms with Crippen LogP contribution in [0.3, 0.4) is 0 Å². The Bertz CT molecular complexity index is 792. The van der Waals surface area contributed by atoms with E-state index in [4.69, 9.17) is 5.11 Å². The Morgan fingerprint density at radius 3 is 2.60 bits per heavy atom. The van der Waals surface area contributed by atoms with E-state index in [1.54, 1.807) is 0 Å². The van der Waals surface area contributed by atoms with Gasteiger partial charge in [0.15, 0.2) is 0 Å². The lowest BCUT2D eigenvalue weighted by molar-refractivity contribution is -0.137. The van der Waals surface area contributed by atoms with Crippen molar-refractivity contribution in [1.82, 2.24) is 5.43 Å². The number of alkyl halides is 3. The molecule has 0 heterocycles. The first kappa shape index (κ1) is 18.1. The van der Waals surface area contributed by atoms with Crippen LogP contribution in [-0.2, 0) is 11.0 Å². The van der Waals surface area contributed by atoms with Crippen molar-refractivity contribution in [2.45, 2.75) is 6.18 Å². The van der Waals surface area contributed by atoms with Gasteiger partial charge in [-0.05, 0) is 30.3 Å². The average Bonchev–Trinajstić information content (AvgIpc) is 2.54. The molecule has 0 saturated carbocycles. The molecule has 2 aromatic rings. The van der Waals surface area contributed by atoms with Gasteiger partial charge in [-0.25, -0.2) is 5.43 Å². The van der Waals surface area contributed by atoms with Gasteiger partial charge in [0.05, 0.1) is 18.3 Å². The first-order chi connectivity index (χ1) is 11.8. The number of carbonyl (C=O) groups excluding carboxylic acids is 1. The summed E-state index contributed by atoms with van der Waals surface area (Å²) in [5.41, 5.74) is 1.75. The molecule has 0 aliphatic rings. The molecule has 6 nitrogen and oxygen atoms in total. The van der Waals surface area contributed by atoms with E-state index in [1.807, 2.05) is 0 Å². The predicted molar refractivity (Wildman–Crippen MR) is 85.4 cm³/mol. The zero-order valence-corrected chi connectivity index (χ0v) is 12.7. The third kappa shape index (κ3) is 5.41. The topological polar surface area (TPSA) is 94.0 Å². The van der Waals surface area contributed by atoms with Crippen molar-refractivity contribution in [3.63, 3.8) is 0 Å². The maximum absolute atomic E-state index is 12.6. The summed E-state index contributed by atoms with van der Waals surface area (Å²) in [6, 6.07) is 8.29. The molecular weight excluding hydrogens is 339 g/mol. The van der Waals surface area contributed by atoms with Gasteiger partial charge in [0.2, 0.25) is 0 Å². The first-order valence-corrected chi connectivity index (χ1v) is 7.01. The van der Waals surface area contributed by atoms with Crippen LogP contribution in [0, 0.1) is 0 Å². The monoisotopic (exact) mass is 353 g/mol. The van der Waals surface area contributed by atoms with Gasteiger partial charge in [0.1, 0.15) is 11.5 Å². The fourth-order valence-electron chi connectivity index (χ4n) is 1.84. The number of nitrogens with one attached hydrogen (secondary N) is 2. The number of carbonyl (C=O) groups is 1. The molecule has 0 fully saturated rings. The Morgan fingerprint density at radius 2 is 1.92 bits per heavy atom. The highest BCUT2D eigenvalue weighted by molar-refractivity contribution is 5.86. The fraction of sp³-hybridized carbons (Fsp3) is 0.125. The molecule has 25 heavy (non-hydrogen) atoms. The van der Waals surface area contributed by atoms with Crippen molar-refractivity contribution in [2.75, 3.05) is 11.9 Å². The molecule has 4 N–H and O–H groups in total. The fourth-order valence-corrected chi connectivity index (χ4v) is 1.84. The molecule has 132 valence electrons. The van der Waals surface area contributed by atoms with Gasteiger partial charge in [-0.3, -0.25) is 4.79 Å². The lowest BCUT2D eigenvalue weighted by atomic mass is 10.2. The smallest absolute Gasteiger partial charge is 0.416 e. The van der Waals surface area contributed by atoms with Crippen molar-refractivity contribution in [1.29, 1.82) is 0 Å². The highest BCUT2D eigenvalue weighted by atomic mass is 19.4. The van der Waals surface area contributed by atoms with Crippen LogP contribution in [0.5, 0.6) is 11.5 Å². The van der Waals surface area contributed by atoms with Crippen LogP contribution < -0.4 is 10.7 Å². The van der Waals surface area contributed by atoms with E-state index in [2.05, 4.69) is 15.8 Å². The van der Waals surface area contributed by atoms with E-state index in [0.717, 1.165) is 24.4 Å². The van der Waals surface area contributed by atoms with Gasteiger partial charge in [-0.2, -0.15) is 18.3 Å². The second kappa shape index (κ2) is 7.56. The molecule has 0 spiro atoms. The molecule has 0 saturated heterocycles. The Labute approximate surface area is 140 Å². The molecule has 0 aliphatic heterocycles. The van der Waals surface area contributed by atoms with Crippen molar-refractivity contribution in [3.05, 3.63) is 53.6 Å². The number of nitrogens with zero attached hydrogens (tertiary/aromatic N) is 1. The number of hydrazone groups is 1. The van der Waals surface area contributed by atoms with Crippen molar-refractivity contribution in [2.24, 2.45) is 5.10 Å². The van der Waals surface area contributed by atoms with Crippen LogP contribution in [-0.4, -0.2) is 28.9 Å². The number of benzene rings is 2. The van der Waals surface area contributed by atoms with E-state index in [1.165, 1.54) is 24.3 Å². The minimum absolute atomic E-state index is 0.121. The summed E-state index contributed by atoms with van der Waals surface area (Å²) >= 11 is 0. The zero-order valence-electron chi connectivity index (χ0n) is 12.7. The number of rotatable bonds is 5. The van der Waals surface area contributed by atoms with Crippen molar-refractivity contribution >= 4 is 17.8 Å². The van der Waals surface area contributed by atoms with Crippen molar-refractivity contribution in [3.8, 4) is 11.5 Å². The lowest BCUT2D eigenvalue weighted by Crippen LogP contribution is -2.26. The second-order valence-electron chi connectivity index (χ2n) is 4.97. The number of anilines is 1. The van der Waals surface area contributed by atoms with Crippen LogP contribution in [0.25, 0.3) is 0 Å². The number of aromatic hydroxyl groups is 2. The Kier molecular flexibility index (Phi) is 5.48. The highest BCUT2D eigenvalue weighted by Crippen LogP contribution is 2.30. The number of hydrogen-bond donors (Lipinski definition) is 4. The number of phenols is 2. The minimum atomic E-state index is -4.46. The molecule has 0 atom stereocenters. The molecule has 0 unspecified atom stereocenters. The van der Waals surface area contributed by atoms with E-state index in [9.17, 15) is 23.1 Å². The third-order valence-corrected chi connectivity index (χ3v) is 3.05. The average molecular weight is 353 g/mol. The third-order valence-electron chi connectivity index (χ3n) is 3.05. The van der Waals surface area contributed by atoms with Crippen LogP contribution in [0.4, 0.5) is 18.9 Å². The summed E-state index contributed by atoms with van der Waals surface area (Å²) in [7, 11) is 0. The van der Waals surface area contributed by atoms with E-state index in [-0.39, 0.29) is 29.3 Å². The standard InChI is InChI=1S/C16H14F3N3O3/c17-16(18,19)11-2-1-3-12(6-11)20-9-15(25)22-21-8-10-4-5-13(23)7-14(10)24/h1-8,20,23-24H,9H2,(H,22,25). The normalized spacial score (nSPS) is 11.5. The largest absolute Gasteiger partial charge is 0.508 e. The van der Waals surface area contributed by atoms with E-state index < -0.39 is 17.6 Å². The van der Waals surface area contributed by atoms with Gasteiger partial charge < -0.3 is 15.5 Å². The van der Waals surface area contributed by atoms with Gasteiger partial charge in [0.25, 0.3) is 5.91 Å². The number of phenolic OH excluding ortho intramolecular Hbond substituents is 2. The van der Waals surface area contributed by atoms with Crippen LogP contribution in [0.1, 0.15) is 11.1 Å². The number of hydrogen-bond acceptors (Lipinski definition) is 5. The summed E-state index contributed by atoms with van der Waals surface area (Å²) in [6.45, 7) is -0.291. The van der Waals surface area contributed by atoms with Gasteiger partial charge >= 0.3 is 6.18 Å². The number of halogens is 3. The molecular formula is C16H14F3N3O3. The molecule has 9 heteroatoms. The Hall–Kier alpha value is -3.23. The van der Waals surface area contributed by atoms with Crippen LogP contribution in [0.15, 0.2) is 47.6 Å². The molecule has 0 bridgehead atoms. The molecule has 2 aromatic carbocycles. The minimum Gasteiger partial charge on any atom is -0.508 e. The summed E-state index contributed by atoms with van der Waals surface area (Å²) in [5, 5.41) is 24.8. The van der Waals surface area contributed by atoms with Gasteiger partial charge in [-0.1, -0.05) is 6.07 Å². The first-order valence-electron chi connectivity index (χ1n) is 7.01. The Balaban J connectivity index is 1.88. The SMILES string of the molecule is O=C(CNc1cccc(C(F)(F)F)c1)NN=Cc1ccc(O)cc1O. The maximum Gasteiger partial charge on any atom is 0.416 e. The van der Waals surface area contributed by atoms with Gasteiger partial charge in [0, 0.05) is 17.3 Å². The van der Waals surface area contributed by atoms with Crippen LogP contribution in [0.2, 0.25) is 0 Å². The number of amides is 1. The van der Waals surface area contributed by atoms with E-state index in [0.29, 0.717) is 0 Å². The maximum atomic E-state index is 12.6. The van der Waals surface area contributed by atoms with Crippen LogP contribution >= 0.6 is 0 Å². The molecule has 0 aliphatic carbocycles. The second-order valence-corrected chi connectivity index (χ2v) is 4.97. The molecule has 0 aromatic heterocycles. The summed E-state index contributed by atoms with van der Waals surface area (Å²) in [4.78, 5) is 11.6. The zero-order chi connectivity index (χ0) is 18.4. The molecule has 1 amide bonds. The summed E-state index contributed by atoms with van der Waals surface area (Å²) < 4.78 is 37.8. The Morgan fingerprint density at radius 1 is 1.16 bits per heavy atom. The summed E-state index contributed by atoms with van der Waals surface area (Å²) in [5.74, 6) is -0.934. The van der Waals surface area contributed by atoms with Crippen molar-refractivity contribution < 1.29 is 28.2 Å². The van der Waals surface area contributed by atoms with E-state index >= 15 is 0 Å². The molecule has 0 radical (unpaired) electrons. The lowest BCUT2D eigenvalue weighted by Gasteiger charge is -2.10.